The molecule has 0 saturated carbocycles. The maximum absolute atomic E-state index is 12.6. The lowest BCUT2D eigenvalue weighted by Gasteiger charge is -2.28. The van der Waals surface area contributed by atoms with E-state index in [4.69, 9.17) is 14.2 Å². The Hall–Kier alpha value is -1.29. The van der Waals surface area contributed by atoms with E-state index in [0.29, 0.717) is 26.1 Å². The second-order valence-electron chi connectivity index (χ2n) is 5.66. The molecule has 2 fully saturated rings. The van der Waals surface area contributed by atoms with Gasteiger partial charge in [0.25, 0.3) is 0 Å². The van der Waals surface area contributed by atoms with Crippen molar-refractivity contribution in [3.63, 3.8) is 0 Å². The molecule has 3 atom stereocenters. The SMILES string of the molecule is O=C(OC(=O)[C@]1(c2ccccc2)CCCO1)[C@@]1(P)CCCO1. The second-order valence-corrected chi connectivity index (χ2v) is 6.60. The largest absolute Gasteiger partial charge is 0.388 e. The summed E-state index contributed by atoms with van der Waals surface area (Å²) in [7, 11) is 2.36. The van der Waals surface area contributed by atoms with Gasteiger partial charge in [-0.25, -0.2) is 9.59 Å². The molecule has 0 amide bonds. The number of hydrogen-bond acceptors (Lipinski definition) is 5. The maximum atomic E-state index is 12.6. The van der Waals surface area contributed by atoms with E-state index in [0.717, 1.165) is 18.4 Å². The van der Waals surface area contributed by atoms with Gasteiger partial charge in [-0.1, -0.05) is 39.6 Å². The summed E-state index contributed by atoms with van der Waals surface area (Å²) < 4.78 is 16.2. The molecule has 1 aromatic carbocycles. The van der Waals surface area contributed by atoms with Crippen molar-refractivity contribution in [2.75, 3.05) is 13.2 Å². The van der Waals surface area contributed by atoms with Gasteiger partial charge in [-0.15, -0.1) is 0 Å². The zero-order valence-corrected chi connectivity index (χ0v) is 13.4. The van der Waals surface area contributed by atoms with E-state index >= 15 is 0 Å². The minimum Gasteiger partial charge on any atom is -0.388 e. The molecule has 1 unspecified atom stereocenters. The summed E-state index contributed by atoms with van der Waals surface area (Å²) in [6.07, 6.45) is 2.56. The van der Waals surface area contributed by atoms with Crippen molar-refractivity contribution >= 4 is 21.2 Å². The van der Waals surface area contributed by atoms with Crippen molar-refractivity contribution in [3.8, 4) is 0 Å². The number of ether oxygens (including phenoxy) is 3. The molecule has 3 rings (SSSR count). The van der Waals surface area contributed by atoms with Gasteiger partial charge in [-0.3, -0.25) is 0 Å². The lowest BCUT2D eigenvalue weighted by Crippen LogP contribution is -2.42. The molecule has 0 spiro atoms. The fourth-order valence-corrected chi connectivity index (χ4v) is 3.31. The highest BCUT2D eigenvalue weighted by Gasteiger charge is 2.49. The van der Waals surface area contributed by atoms with Gasteiger partial charge in [0.05, 0.1) is 0 Å². The molecule has 2 aliphatic heterocycles. The van der Waals surface area contributed by atoms with Crippen molar-refractivity contribution in [2.45, 2.75) is 36.6 Å². The third-order valence-corrected chi connectivity index (χ3v) is 4.87. The number of hydrogen-bond donors (Lipinski definition) is 0. The number of carbonyl (C=O) groups excluding carboxylic acids is 2. The fourth-order valence-electron chi connectivity index (χ4n) is 2.93. The Morgan fingerprint density at radius 1 is 1.00 bits per heavy atom. The first-order chi connectivity index (χ1) is 10.6. The predicted molar refractivity (Wildman–Crippen MR) is 82.0 cm³/mol. The highest BCUT2D eigenvalue weighted by Crippen LogP contribution is 2.39. The molecule has 5 nitrogen and oxygen atoms in total. The van der Waals surface area contributed by atoms with E-state index < -0.39 is 22.9 Å². The highest BCUT2D eigenvalue weighted by molar-refractivity contribution is 7.20. The Morgan fingerprint density at radius 2 is 1.68 bits per heavy atom. The first-order valence-electron chi connectivity index (χ1n) is 7.46. The van der Waals surface area contributed by atoms with Crippen LogP contribution in [0.1, 0.15) is 31.2 Å². The average molecular weight is 322 g/mol. The third kappa shape index (κ3) is 2.69. The van der Waals surface area contributed by atoms with Crippen LogP contribution in [-0.2, 0) is 29.4 Å². The minimum absolute atomic E-state index is 0.473. The Balaban J connectivity index is 1.81. The molecule has 6 heteroatoms. The van der Waals surface area contributed by atoms with E-state index in [1.165, 1.54) is 0 Å². The van der Waals surface area contributed by atoms with Crippen LogP contribution in [0.4, 0.5) is 0 Å². The van der Waals surface area contributed by atoms with Gasteiger partial charge >= 0.3 is 11.9 Å². The van der Waals surface area contributed by atoms with Crippen molar-refractivity contribution in [1.82, 2.24) is 0 Å². The molecule has 2 saturated heterocycles. The van der Waals surface area contributed by atoms with Crippen LogP contribution >= 0.6 is 9.24 Å². The molecule has 0 bridgehead atoms. The third-order valence-electron chi connectivity index (χ3n) is 4.17. The molecule has 22 heavy (non-hydrogen) atoms. The minimum atomic E-state index is -1.18. The van der Waals surface area contributed by atoms with Gasteiger partial charge in [-0.2, -0.15) is 0 Å². The van der Waals surface area contributed by atoms with Gasteiger partial charge < -0.3 is 14.2 Å². The van der Waals surface area contributed by atoms with Crippen molar-refractivity contribution < 1.29 is 23.8 Å². The van der Waals surface area contributed by atoms with Crippen LogP contribution in [0.5, 0.6) is 0 Å². The zero-order valence-electron chi connectivity index (χ0n) is 12.2. The molecule has 0 aromatic heterocycles. The van der Waals surface area contributed by atoms with Gasteiger partial charge in [0.2, 0.25) is 0 Å². The van der Waals surface area contributed by atoms with Gasteiger partial charge in [0.1, 0.15) is 0 Å². The normalized spacial score (nSPS) is 31.1. The summed E-state index contributed by atoms with van der Waals surface area (Å²) in [4.78, 5) is 24.9. The summed E-state index contributed by atoms with van der Waals surface area (Å²) in [6.45, 7) is 0.966. The molecule has 0 aliphatic carbocycles. The van der Waals surface area contributed by atoms with Crippen molar-refractivity contribution in [2.24, 2.45) is 0 Å². The molecule has 0 N–H and O–H groups in total. The van der Waals surface area contributed by atoms with E-state index in [1.54, 1.807) is 0 Å². The lowest BCUT2D eigenvalue weighted by molar-refractivity contribution is -0.182. The fraction of sp³-hybridized carbons (Fsp3) is 0.500. The van der Waals surface area contributed by atoms with Crippen molar-refractivity contribution in [3.05, 3.63) is 35.9 Å². The van der Waals surface area contributed by atoms with Crippen LogP contribution in [0.3, 0.4) is 0 Å². The van der Waals surface area contributed by atoms with Crippen molar-refractivity contribution in [1.29, 1.82) is 0 Å². The molecule has 2 heterocycles. The summed E-state index contributed by atoms with van der Waals surface area (Å²) >= 11 is 0. The monoisotopic (exact) mass is 322 g/mol. The quantitative estimate of drug-likeness (QED) is 0.485. The second kappa shape index (κ2) is 6.07. The molecule has 0 radical (unpaired) electrons. The summed E-state index contributed by atoms with van der Waals surface area (Å²) in [6, 6.07) is 9.18. The average Bonchev–Trinajstić information content (AvgIpc) is 3.18. The smallest absolute Gasteiger partial charge is 0.350 e. The van der Waals surface area contributed by atoms with Crippen LogP contribution in [0.25, 0.3) is 0 Å². The van der Waals surface area contributed by atoms with Crippen LogP contribution in [0, 0.1) is 0 Å². The Kier molecular flexibility index (Phi) is 4.31. The molecule has 1 aromatic rings. The standard InChI is InChI=1S/C16H19O5P/c17-13(21-14(18)16(22)9-5-11-20-16)15(8-4-10-19-15)12-6-2-1-3-7-12/h1-3,6-7H,4-5,8-11,22H2/t15-,16+/m1/s1. The number of benzene rings is 1. The van der Waals surface area contributed by atoms with Gasteiger partial charge in [0.15, 0.2) is 10.9 Å². The summed E-state index contributed by atoms with van der Waals surface area (Å²) in [5.74, 6) is -1.32. The van der Waals surface area contributed by atoms with Gasteiger partial charge in [0, 0.05) is 13.2 Å². The lowest BCUT2D eigenvalue weighted by atomic mass is 9.91. The zero-order chi connectivity index (χ0) is 15.6. The molecular formula is C16H19O5P. The summed E-state index contributed by atoms with van der Waals surface area (Å²) in [5, 5.41) is -1.11. The van der Waals surface area contributed by atoms with Gasteiger partial charge in [-0.05, 0) is 31.2 Å². The van der Waals surface area contributed by atoms with E-state index in [2.05, 4.69) is 9.24 Å². The topological polar surface area (TPSA) is 61.8 Å². The first-order valence-corrected chi connectivity index (χ1v) is 8.04. The molecule has 2 aliphatic rings. The molecule has 118 valence electrons. The molecular weight excluding hydrogens is 303 g/mol. The van der Waals surface area contributed by atoms with Crippen LogP contribution in [0.2, 0.25) is 0 Å². The van der Waals surface area contributed by atoms with E-state index in [1.807, 2.05) is 30.3 Å². The predicted octanol–water partition coefficient (Wildman–Crippen LogP) is 2.14. The Labute approximate surface area is 131 Å². The van der Waals surface area contributed by atoms with E-state index in [-0.39, 0.29) is 0 Å². The Bertz CT molecular complexity index is 559. The summed E-state index contributed by atoms with van der Waals surface area (Å²) in [5.41, 5.74) is -0.466. The highest BCUT2D eigenvalue weighted by atomic mass is 31.0. The van der Waals surface area contributed by atoms with E-state index in [9.17, 15) is 9.59 Å². The number of esters is 2. The van der Waals surface area contributed by atoms with Crippen LogP contribution in [0.15, 0.2) is 30.3 Å². The Morgan fingerprint density at radius 3 is 2.27 bits per heavy atom. The number of carbonyl (C=O) groups is 2. The maximum Gasteiger partial charge on any atom is 0.350 e. The van der Waals surface area contributed by atoms with Crippen LogP contribution < -0.4 is 0 Å². The number of rotatable bonds is 3. The first kappa shape index (κ1) is 15.6. The van der Waals surface area contributed by atoms with Crippen LogP contribution in [-0.4, -0.2) is 30.5 Å².